The van der Waals surface area contributed by atoms with E-state index >= 15 is 0 Å². The van der Waals surface area contributed by atoms with Crippen LogP contribution in [0.25, 0.3) is 0 Å². The second-order valence-electron chi connectivity index (χ2n) is 5.58. The van der Waals surface area contributed by atoms with Crippen molar-refractivity contribution in [2.24, 2.45) is 11.8 Å². The van der Waals surface area contributed by atoms with Gasteiger partial charge in [0.15, 0.2) is 0 Å². The van der Waals surface area contributed by atoms with Crippen molar-refractivity contribution in [2.75, 3.05) is 13.1 Å². The van der Waals surface area contributed by atoms with E-state index in [0.717, 1.165) is 6.42 Å². The molecule has 2 atom stereocenters. The first-order valence-corrected chi connectivity index (χ1v) is 9.42. The molecule has 7 heteroatoms. The molecule has 0 spiro atoms. The van der Waals surface area contributed by atoms with Gasteiger partial charge in [-0.05, 0) is 36.5 Å². The molecule has 4 nitrogen and oxygen atoms in total. The van der Waals surface area contributed by atoms with Crippen LogP contribution in [0.5, 0.6) is 0 Å². The summed E-state index contributed by atoms with van der Waals surface area (Å²) < 4.78 is 22.9. The predicted octanol–water partition coefficient (Wildman–Crippen LogP) is 3.39. The van der Waals surface area contributed by atoms with E-state index in [1.165, 1.54) is 18.2 Å². The van der Waals surface area contributed by atoms with Crippen LogP contribution < -0.4 is 0 Å². The first-order valence-electron chi connectivity index (χ1n) is 6.73. The van der Waals surface area contributed by atoms with Gasteiger partial charge in [0.1, 0.15) is 4.90 Å². The zero-order chi connectivity index (χ0) is 15.8. The van der Waals surface area contributed by atoms with Gasteiger partial charge in [0.05, 0.1) is 5.02 Å². The highest BCUT2D eigenvalue weighted by Gasteiger charge is 2.27. The van der Waals surface area contributed by atoms with Crippen LogP contribution in [0.1, 0.15) is 30.6 Å². The van der Waals surface area contributed by atoms with Crippen LogP contribution in [-0.2, 0) is 9.05 Å². The van der Waals surface area contributed by atoms with E-state index in [9.17, 15) is 13.2 Å². The third-order valence-electron chi connectivity index (χ3n) is 4.06. The molecule has 2 unspecified atom stereocenters. The molecule has 116 valence electrons. The summed E-state index contributed by atoms with van der Waals surface area (Å²) in [7, 11) is 1.36. The van der Waals surface area contributed by atoms with Gasteiger partial charge in [0.2, 0.25) is 0 Å². The van der Waals surface area contributed by atoms with E-state index in [1.807, 2.05) is 0 Å². The molecule has 1 aromatic rings. The van der Waals surface area contributed by atoms with E-state index in [4.69, 9.17) is 22.3 Å². The molecule has 0 N–H and O–H groups in total. The minimum atomic E-state index is -3.97. The number of hydrogen-bond donors (Lipinski definition) is 0. The molecule has 1 aromatic carbocycles. The van der Waals surface area contributed by atoms with E-state index in [0.29, 0.717) is 30.5 Å². The highest BCUT2D eigenvalue weighted by atomic mass is 35.7. The number of rotatable bonds is 2. The lowest BCUT2D eigenvalue weighted by molar-refractivity contribution is 0.0627. The Balaban J connectivity index is 2.28. The molecular weight excluding hydrogens is 333 g/mol. The zero-order valence-electron chi connectivity index (χ0n) is 11.8. The Morgan fingerprint density at radius 1 is 1.29 bits per heavy atom. The molecule has 0 radical (unpaired) electrons. The number of piperidine rings is 1. The maximum atomic E-state index is 12.5. The molecule has 0 bridgehead atoms. The average Bonchev–Trinajstić information content (AvgIpc) is 2.40. The summed E-state index contributed by atoms with van der Waals surface area (Å²) in [6, 6.07) is 4.16. The number of carbonyl (C=O) groups is 1. The fourth-order valence-corrected chi connectivity index (χ4v) is 3.95. The highest BCUT2D eigenvalue weighted by molar-refractivity contribution is 8.13. The maximum Gasteiger partial charge on any atom is 0.262 e. The number of carbonyl (C=O) groups excluding carboxylic acids is 1. The van der Waals surface area contributed by atoms with Gasteiger partial charge in [-0.15, -0.1) is 0 Å². The van der Waals surface area contributed by atoms with Crippen LogP contribution in [0.15, 0.2) is 23.1 Å². The topological polar surface area (TPSA) is 54.5 Å². The van der Waals surface area contributed by atoms with Crippen molar-refractivity contribution < 1.29 is 13.2 Å². The summed E-state index contributed by atoms with van der Waals surface area (Å²) in [4.78, 5) is 14.0. The van der Waals surface area contributed by atoms with Crippen molar-refractivity contribution in [3.8, 4) is 0 Å². The van der Waals surface area contributed by atoms with Crippen LogP contribution in [0.4, 0.5) is 0 Å². The molecule has 0 aliphatic carbocycles. The quantitative estimate of drug-likeness (QED) is 0.769. The second kappa shape index (κ2) is 6.15. The average molecular weight is 350 g/mol. The smallest absolute Gasteiger partial charge is 0.262 e. The minimum absolute atomic E-state index is 0.0159. The molecule has 1 heterocycles. The van der Waals surface area contributed by atoms with E-state index in [-0.39, 0.29) is 15.8 Å². The number of hydrogen-bond acceptors (Lipinski definition) is 3. The largest absolute Gasteiger partial charge is 0.338 e. The first-order chi connectivity index (χ1) is 9.70. The van der Waals surface area contributed by atoms with Crippen molar-refractivity contribution in [3.63, 3.8) is 0 Å². The molecule has 0 aromatic heterocycles. The minimum Gasteiger partial charge on any atom is -0.338 e. The van der Waals surface area contributed by atoms with Gasteiger partial charge < -0.3 is 4.90 Å². The summed E-state index contributed by atoms with van der Waals surface area (Å²) >= 11 is 5.83. The Morgan fingerprint density at radius 2 is 1.95 bits per heavy atom. The van der Waals surface area contributed by atoms with Gasteiger partial charge >= 0.3 is 0 Å². The predicted molar refractivity (Wildman–Crippen MR) is 83.3 cm³/mol. The van der Waals surface area contributed by atoms with Crippen molar-refractivity contribution >= 4 is 37.2 Å². The lowest BCUT2D eigenvalue weighted by Crippen LogP contribution is -2.42. The van der Waals surface area contributed by atoms with Crippen LogP contribution >= 0.6 is 22.3 Å². The van der Waals surface area contributed by atoms with E-state index in [2.05, 4.69) is 13.8 Å². The molecule has 21 heavy (non-hydrogen) atoms. The normalized spacial score (nSPS) is 23.1. The third-order valence-corrected chi connectivity index (χ3v) is 5.87. The number of halogens is 2. The zero-order valence-corrected chi connectivity index (χ0v) is 14.2. The van der Waals surface area contributed by atoms with Gasteiger partial charge in [-0.1, -0.05) is 25.4 Å². The lowest BCUT2D eigenvalue weighted by Gasteiger charge is -2.35. The first kappa shape index (κ1) is 16.6. The number of likely N-dealkylation sites (tertiary alicyclic amines) is 1. The number of benzene rings is 1. The molecule has 1 aliphatic rings. The van der Waals surface area contributed by atoms with Gasteiger partial charge in [0.25, 0.3) is 15.0 Å². The SMILES string of the molecule is CC1CCN(C(=O)c2ccc(Cl)c(S(=O)(=O)Cl)c2)CC1C. The van der Waals surface area contributed by atoms with Crippen molar-refractivity contribution in [2.45, 2.75) is 25.2 Å². The summed E-state index contributed by atoms with van der Waals surface area (Å²) in [5.74, 6) is 0.816. The van der Waals surface area contributed by atoms with Gasteiger partial charge in [-0.2, -0.15) is 0 Å². The molecule has 0 saturated carbocycles. The van der Waals surface area contributed by atoms with Crippen LogP contribution in [0, 0.1) is 11.8 Å². The Labute approximate surface area is 134 Å². The van der Waals surface area contributed by atoms with Crippen LogP contribution in [0.2, 0.25) is 5.02 Å². The van der Waals surface area contributed by atoms with Crippen molar-refractivity contribution in [1.82, 2.24) is 4.90 Å². The van der Waals surface area contributed by atoms with Gasteiger partial charge in [-0.3, -0.25) is 4.79 Å². The Bertz CT molecular complexity index is 660. The highest BCUT2D eigenvalue weighted by Crippen LogP contribution is 2.28. The molecule has 1 saturated heterocycles. The monoisotopic (exact) mass is 349 g/mol. The molecule has 1 aliphatic heterocycles. The summed E-state index contributed by atoms with van der Waals surface area (Å²) in [5, 5.41) is 0.0159. The number of amides is 1. The van der Waals surface area contributed by atoms with Crippen molar-refractivity contribution in [3.05, 3.63) is 28.8 Å². The second-order valence-corrected chi connectivity index (χ2v) is 8.52. The lowest BCUT2D eigenvalue weighted by atomic mass is 9.88. The summed E-state index contributed by atoms with van der Waals surface area (Å²) in [6.45, 7) is 5.63. The fourth-order valence-electron chi connectivity index (χ4n) is 2.45. The summed E-state index contributed by atoms with van der Waals surface area (Å²) in [5.41, 5.74) is 0.292. The van der Waals surface area contributed by atoms with E-state index in [1.54, 1.807) is 4.90 Å². The summed E-state index contributed by atoms with van der Waals surface area (Å²) in [6.07, 6.45) is 0.946. The molecule has 2 rings (SSSR count). The Kier molecular flexibility index (Phi) is 4.85. The third kappa shape index (κ3) is 3.71. The molecule has 1 fully saturated rings. The van der Waals surface area contributed by atoms with Gasteiger partial charge in [-0.25, -0.2) is 8.42 Å². The standard InChI is InChI=1S/C14H17Cl2NO3S/c1-9-5-6-17(8-10(9)2)14(18)11-3-4-12(15)13(7-11)21(16,19)20/h3-4,7,9-10H,5-6,8H2,1-2H3. The van der Waals surface area contributed by atoms with Gasteiger partial charge in [0, 0.05) is 29.3 Å². The van der Waals surface area contributed by atoms with Crippen molar-refractivity contribution in [1.29, 1.82) is 0 Å². The Hall–Kier alpha value is -0.780. The van der Waals surface area contributed by atoms with Crippen LogP contribution in [-0.4, -0.2) is 32.3 Å². The molecule has 1 amide bonds. The molecular formula is C14H17Cl2NO3S. The number of nitrogens with zero attached hydrogens (tertiary/aromatic N) is 1. The maximum absolute atomic E-state index is 12.5. The van der Waals surface area contributed by atoms with Crippen LogP contribution in [0.3, 0.4) is 0 Å². The fraction of sp³-hybridized carbons (Fsp3) is 0.500. The Morgan fingerprint density at radius 3 is 2.52 bits per heavy atom. The van der Waals surface area contributed by atoms with E-state index < -0.39 is 9.05 Å².